The molecule has 26 heavy (non-hydrogen) atoms. The normalized spacial score (nSPS) is 18.8. The number of nitrogens with one attached hydrogen (secondary N) is 1. The van der Waals surface area contributed by atoms with Crippen LogP contribution in [-0.4, -0.2) is 63.8 Å². The summed E-state index contributed by atoms with van der Waals surface area (Å²) in [5.74, 6) is -3.48. The van der Waals surface area contributed by atoms with E-state index in [1.165, 1.54) is 0 Å². The minimum atomic E-state index is -1.21. The van der Waals surface area contributed by atoms with E-state index in [0.717, 1.165) is 25.8 Å². The van der Waals surface area contributed by atoms with Gasteiger partial charge in [-0.1, -0.05) is 20.3 Å². The zero-order valence-corrected chi connectivity index (χ0v) is 15.1. The average Bonchev–Trinajstić information content (AvgIpc) is 3.08. The molecule has 1 heterocycles. The summed E-state index contributed by atoms with van der Waals surface area (Å²) in [5.41, 5.74) is 14.8. The molecule has 1 aliphatic heterocycles. The van der Waals surface area contributed by atoms with Crippen LogP contribution in [0.2, 0.25) is 0 Å². The smallest absolute Gasteiger partial charge is 0.321 e. The van der Waals surface area contributed by atoms with Crippen molar-refractivity contribution in [3.63, 3.8) is 0 Å². The first-order valence-corrected chi connectivity index (χ1v) is 8.15. The van der Waals surface area contributed by atoms with Gasteiger partial charge in [-0.3, -0.25) is 19.2 Å². The van der Waals surface area contributed by atoms with Gasteiger partial charge in [-0.2, -0.15) is 0 Å². The fraction of sp³-hybridized carbons (Fsp3) is 0.733. The molecule has 0 aliphatic carbocycles. The van der Waals surface area contributed by atoms with Gasteiger partial charge in [-0.15, -0.1) is 0 Å². The van der Waals surface area contributed by atoms with Crippen LogP contribution in [0.15, 0.2) is 0 Å². The zero-order valence-electron chi connectivity index (χ0n) is 15.1. The maximum absolute atomic E-state index is 10.2. The van der Waals surface area contributed by atoms with Crippen molar-refractivity contribution in [1.29, 1.82) is 0 Å². The summed E-state index contributed by atoms with van der Waals surface area (Å²) >= 11 is 0. The number of rotatable bonds is 7. The molecule has 1 saturated heterocycles. The van der Waals surface area contributed by atoms with Crippen LogP contribution in [0.4, 0.5) is 0 Å². The number of hydrogen-bond donors (Lipinski definition) is 7. The van der Waals surface area contributed by atoms with E-state index in [4.69, 9.17) is 26.8 Å². The molecule has 0 aromatic carbocycles. The fourth-order valence-corrected chi connectivity index (χ4v) is 1.70. The Balaban J connectivity index is 0. The second kappa shape index (κ2) is 14.0. The Labute approximate surface area is 151 Å². The van der Waals surface area contributed by atoms with Gasteiger partial charge in [0.25, 0.3) is 0 Å². The maximum atomic E-state index is 10.2. The summed E-state index contributed by atoms with van der Waals surface area (Å²) in [5, 5.41) is 27.7. The van der Waals surface area contributed by atoms with Crippen molar-refractivity contribution in [1.82, 2.24) is 5.32 Å². The molecule has 11 heteroatoms. The Morgan fingerprint density at radius 3 is 1.81 bits per heavy atom. The summed E-state index contributed by atoms with van der Waals surface area (Å²) in [4.78, 5) is 40.2. The number of carbonyl (C=O) groups excluding carboxylic acids is 1. The fourth-order valence-electron chi connectivity index (χ4n) is 1.70. The Morgan fingerprint density at radius 2 is 1.65 bits per heavy atom. The number of amides is 1. The highest BCUT2D eigenvalue weighted by molar-refractivity contribution is 5.83. The minimum Gasteiger partial charge on any atom is -0.480 e. The summed E-state index contributed by atoms with van der Waals surface area (Å²) in [7, 11) is 0. The largest absolute Gasteiger partial charge is 0.480 e. The first-order valence-electron chi connectivity index (χ1n) is 8.15. The van der Waals surface area contributed by atoms with Crippen LogP contribution < -0.4 is 22.5 Å². The zero-order chi connectivity index (χ0) is 20.9. The van der Waals surface area contributed by atoms with Gasteiger partial charge in [-0.25, -0.2) is 0 Å². The molecule has 11 nitrogen and oxygen atoms in total. The van der Waals surface area contributed by atoms with E-state index in [2.05, 4.69) is 11.1 Å². The molecular formula is C15H30N4O7. The topological polar surface area (TPSA) is 219 Å². The molecule has 0 aromatic rings. The summed E-state index contributed by atoms with van der Waals surface area (Å²) in [6.07, 6.45) is 2.29. The number of aliphatic carboxylic acids is 3. The molecule has 4 unspecified atom stereocenters. The van der Waals surface area contributed by atoms with Crippen molar-refractivity contribution in [2.45, 2.75) is 57.7 Å². The first kappa shape index (κ1) is 26.0. The highest BCUT2D eigenvalue weighted by Gasteiger charge is 2.20. The maximum Gasteiger partial charge on any atom is 0.321 e. The predicted octanol–water partition coefficient (Wildman–Crippen LogP) is -1.46. The van der Waals surface area contributed by atoms with Crippen LogP contribution in [0.3, 0.4) is 0 Å². The van der Waals surface area contributed by atoms with E-state index in [-0.39, 0.29) is 18.4 Å². The first-order chi connectivity index (χ1) is 11.9. The van der Waals surface area contributed by atoms with E-state index in [1.54, 1.807) is 0 Å². The second-order valence-corrected chi connectivity index (χ2v) is 5.85. The van der Waals surface area contributed by atoms with Crippen LogP contribution >= 0.6 is 0 Å². The van der Waals surface area contributed by atoms with Gasteiger partial charge in [0.1, 0.15) is 18.1 Å². The lowest BCUT2D eigenvalue weighted by Gasteiger charge is -2.11. The van der Waals surface area contributed by atoms with Gasteiger partial charge in [-0.05, 0) is 25.3 Å². The molecule has 0 saturated carbocycles. The number of carboxylic acid groups (broad SMARTS) is 3. The third-order valence-electron chi connectivity index (χ3n) is 3.64. The van der Waals surface area contributed by atoms with Crippen LogP contribution in [0.5, 0.6) is 0 Å². The van der Waals surface area contributed by atoms with Gasteiger partial charge >= 0.3 is 17.9 Å². The second-order valence-electron chi connectivity index (χ2n) is 5.85. The molecule has 1 fully saturated rings. The number of carboxylic acids is 3. The van der Waals surface area contributed by atoms with Crippen LogP contribution in [0.1, 0.15) is 39.5 Å². The summed E-state index contributed by atoms with van der Waals surface area (Å²) in [6, 6.07) is -2.13. The minimum absolute atomic E-state index is 0.0718. The predicted molar refractivity (Wildman–Crippen MR) is 93.1 cm³/mol. The summed E-state index contributed by atoms with van der Waals surface area (Å²) < 4.78 is 0. The monoisotopic (exact) mass is 378 g/mol. The third kappa shape index (κ3) is 13.1. The number of carbonyl (C=O) groups is 4. The lowest BCUT2D eigenvalue weighted by molar-refractivity contribution is -0.140. The Morgan fingerprint density at radius 1 is 1.12 bits per heavy atom. The van der Waals surface area contributed by atoms with Gasteiger partial charge < -0.3 is 37.8 Å². The quantitative estimate of drug-likeness (QED) is 0.273. The molecule has 0 spiro atoms. The standard InChI is InChI=1S/C6H13NO2.C5H9NO2.C4H8N2O3/c1-3-4(2)5(7)6(8)9;7-5(8)4-2-1-3-6-4;5-2(4(8)9)1-3(6)7/h4-5H,3,7H2,1-2H3,(H,8,9);4,6H,1-3H2,(H,7,8);2H,1,5H2,(H2,6,7)(H,8,9). The molecule has 0 bridgehead atoms. The molecular weight excluding hydrogens is 348 g/mol. The van der Waals surface area contributed by atoms with E-state index < -0.39 is 35.9 Å². The van der Waals surface area contributed by atoms with E-state index in [9.17, 15) is 19.2 Å². The highest BCUT2D eigenvalue weighted by atomic mass is 16.4. The molecule has 1 aliphatic rings. The Kier molecular flexibility index (Phi) is 14.0. The molecule has 152 valence electrons. The van der Waals surface area contributed by atoms with Crippen LogP contribution in [-0.2, 0) is 19.2 Å². The van der Waals surface area contributed by atoms with Crippen molar-refractivity contribution in [2.24, 2.45) is 23.1 Å². The van der Waals surface area contributed by atoms with E-state index in [0.29, 0.717) is 0 Å². The Hall–Kier alpha value is -2.24. The van der Waals surface area contributed by atoms with Gasteiger partial charge in [0.05, 0.1) is 6.42 Å². The number of primary amides is 1. The van der Waals surface area contributed by atoms with Crippen molar-refractivity contribution >= 4 is 23.8 Å². The van der Waals surface area contributed by atoms with Gasteiger partial charge in [0.2, 0.25) is 5.91 Å². The average molecular weight is 378 g/mol. The molecule has 10 N–H and O–H groups in total. The van der Waals surface area contributed by atoms with Crippen molar-refractivity contribution in [3.8, 4) is 0 Å². The SMILES string of the molecule is CCC(C)C(N)C(=O)O.NC(=O)CC(N)C(=O)O.O=C(O)C1CCCN1. The molecule has 4 atom stereocenters. The molecule has 1 rings (SSSR count). The van der Waals surface area contributed by atoms with Crippen LogP contribution in [0, 0.1) is 5.92 Å². The van der Waals surface area contributed by atoms with Gasteiger partial charge in [0.15, 0.2) is 0 Å². The number of hydrogen-bond acceptors (Lipinski definition) is 7. The third-order valence-corrected chi connectivity index (χ3v) is 3.64. The van der Waals surface area contributed by atoms with Crippen LogP contribution in [0.25, 0.3) is 0 Å². The van der Waals surface area contributed by atoms with Crippen molar-refractivity contribution in [3.05, 3.63) is 0 Å². The Bertz CT molecular complexity index is 467. The van der Waals surface area contributed by atoms with E-state index in [1.807, 2.05) is 13.8 Å². The lowest BCUT2D eigenvalue weighted by atomic mass is 10.0. The summed E-state index contributed by atoms with van der Waals surface area (Å²) in [6.45, 7) is 4.61. The molecule has 0 aromatic heterocycles. The van der Waals surface area contributed by atoms with E-state index >= 15 is 0 Å². The van der Waals surface area contributed by atoms with Crippen molar-refractivity contribution < 1.29 is 34.5 Å². The molecule has 1 amide bonds. The molecule has 0 radical (unpaired) electrons. The van der Waals surface area contributed by atoms with Crippen molar-refractivity contribution in [2.75, 3.05) is 6.54 Å². The van der Waals surface area contributed by atoms with Gasteiger partial charge in [0, 0.05) is 0 Å². The number of nitrogens with two attached hydrogens (primary N) is 3. The lowest BCUT2D eigenvalue weighted by Crippen LogP contribution is -2.36. The highest BCUT2D eigenvalue weighted by Crippen LogP contribution is 2.04.